The lowest BCUT2D eigenvalue weighted by Crippen LogP contribution is -2.07. The Morgan fingerprint density at radius 1 is 1.47 bits per heavy atom. The van der Waals surface area contributed by atoms with Gasteiger partial charge in [0.2, 0.25) is 14.3 Å². The maximum atomic E-state index is 10.9. The summed E-state index contributed by atoms with van der Waals surface area (Å²) in [6.07, 6.45) is 0.971. The molecule has 0 radical (unpaired) electrons. The van der Waals surface area contributed by atoms with Crippen LogP contribution in [0.1, 0.15) is 0 Å². The lowest BCUT2D eigenvalue weighted by molar-refractivity contribution is 0.613. The molecule has 4 nitrogen and oxygen atoms in total. The van der Waals surface area contributed by atoms with Crippen molar-refractivity contribution in [2.24, 2.45) is 5.10 Å². The van der Waals surface area contributed by atoms with E-state index in [1.165, 1.54) is 0 Å². The fourth-order valence-electron chi connectivity index (χ4n) is 0.749. The van der Waals surface area contributed by atoms with Crippen molar-refractivity contribution in [3.8, 4) is 0 Å². The number of anilines is 1. The zero-order chi connectivity index (χ0) is 11.5. The molecule has 82 valence electrons. The van der Waals surface area contributed by atoms with Gasteiger partial charge >= 0.3 is 0 Å². The van der Waals surface area contributed by atoms with Gasteiger partial charge in [0.1, 0.15) is 0 Å². The minimum atomic E-state index is -3.46. The van der Waals surface area contributed by atoms with Crippen molar-refractivity contribution in [1.82, 2.24) is 0 Å². The standard InChI is InChI=1S/C8H8Cl2N2O2S/c1-15(13,14)8(10)12-11-7-4-2-3-6(9)5-7/h2-5,11H,1H3/b12-8+. The van der Waals surface area contributed by atoms with Gasteiger partial charge in [0, 0.05) is 11.3 Å². The summed E-state index contributed by atoms with van der Waals surface area (Å²) in [4.78, 5) is 0. The van der Waals surface area contributed by atoms with Crippen LogP contribution >= 0.6 is 23.2 Å². The van der Waals surface area contributed by atoms with Crippen molar-refractivity contribution >= 4 is 43.2 Å². The number of halogens is 2. The predicted molar refractivity (Wildman–Crippen MR) is 63.2 cm³/mol. The number of hydrogen-bond acceptors (Lipinski definition) is 4. The summed E-state index contributed by atoms with van der Waals surface area (Å²) in [5.74, 6) is 0. The zero-order valence-electron chi connectivity index (χ0n) is 7.74. The van der Waals surface area contributed by atoms with Crippen LogP contribution in [0.4, 0.5) is 5.69 Å². The topological polar surface area (TPSA) is 58.5 Å². The molecule has 0 heterocycles. The van der Waals surface area contributed by atoms with Gasteiger partial charge in [0.15, 0.2) is 0 Å². The second-order valence-electron chi connectivity index (χ2n) is 2.76. The van der Waals surface area contributed by atoms with Crippen molar-refractivity contribution in [3.63, 3.8) is 0 Å². The average Bonchev–Trinajstić information content (AvgIpc) is 2.12. The monoisotopic (exact) mass is 266 g/mol. The molecule has 0 unspecified atom stereocenters. The van der Waals surface area contributed by atoms with E-state index in [1.54, 1.807) is 24.3 Å². The van der Waals surface area contributed by atoms with Crippen LogP contribution in [0.3, 0.4) is 0 Å². The molecule has 1 N–H and O–H groups in total. The number of hydrogen-bond donors (Lipinski definition) is 1. The van der Waals surface area contributed by atoms with Gasteiger partial charge in [0.05, 0.1) is 5.69 Å². The maximum Gasteiger partial charge on any atom is 0.240 e. The second kappa shape index (κ2) is 4.83. The maximum absolute atomic E-state index is 10.9. The van der Waals surface area contributed by atoms with Crippen LogP contribution in [0.2, 0.25) is 5.02 Å². The Kier molecular flexibility index (Phi) is 3.96. The molecular formula is C8H8Cl2N2O2S. The Morgan fingerprint density at radius 3 is 2.67 bits per heavy atom. The Bertz CT molecular complexity index is 485. The Balaban J connectivity index is 2.81. The van der Waals surface area contributed by atoms with E-state index < -0.39 is 14.3 Å². The molecule has 0 fully saturated rings. The predicted octanol–water partition coefficient (Wildman–Crippen LogP) is 2.31. The van der Waals surface area contributed by atoms with Crippen LogP contribution in [-0.4, -0.2) is 19.2 Å². The smallest absolute Gasteiger partial charge is 0.240 e. The largest absolute Gasteiger partial charge is 0.276 e. The van der Waals surface area contributed by atoms with Crippen molar-refractivity contribution < 1.29 is 8.42 Å². The molecule has 1 aromatic rings. The molecule has 0 bridgehead atoms. The molecule has 0 aliphatic rings. The SMILES string of the molecule is CS(=O)(=O)/C(Cl)=N/Nc1cccc(Cl)c1. The van der Waals surface area contributed by atoms with E-state index in [2.05, 4.69) is 10.5 Å². The third-order valence-electron chi connectivity index (χ3n) is 1.40. The van der Waals surface area contributed by atoms with E-state index in [0.717, 1.165) is 6.26 Å². The second-order valence-corrected chi connectivity index (χ2v) is 5.71. The highest BCUT2D eigenvalue weighted by Gasteiger charge is 2.09. The molecule has 0 aromatic heterocycles. The van der Waals surface area contributed by atoms with Crippen LogP contribution in [-0.2, 0) is 9.84 Å². The van der Waals surface area contributed by atoms with E-state index in [1.807, 2.05) is 0 Å². The molecule has 1 aromatic carbocycles. The molecule has 15 heavy (non-hydrogen) atoms. The quantitative estimate of drug-likeness (QED) is 0.508. The number of nitrogens with one attached hydrogen (secondary N) is 1. The fourth-order valence-corrected chi connectivity index (χ4v) is 1.19. The first kappa shape index (κ1) is 12.3. The zero-order valence-corrected chi connectivity index (χ0v) is 10.1. The summed E-state index contributed by atoms with van der Waals surface area (Å²) in [5, 5.41) is 4.01. The first-order chi connectivity index (χ1) is 6.89. The lowest BCUT2D eigenvalue weighted by Gasteiger charge is -2.00. The Morgan fingerprint density at radius 2 is 2.13 bits per heavy atom. The highest BCUT2D eigenvalue weighted by molar-refractivity contribution is 8.08. The van der Waals surface area contributed by atoms with Crippen molar-refractivity contribution in [2.75, 3.05) is 11.7 Å². The van der Waals surface area contributed by atoms with Gasteiger partial charge < -0.3 is 0 Å². The van der Waals surface area contributed by atoms with Crippen LogP contribution < -0.4 is 5.43 Å². The third-order valence-corrected chi connectivity index (χ3v) is 3.27. The summed E-state index contributed by atoms with van der Waals surface area (Å²) in [6, 6.07) is 6.67. The molecule has 0 spiro atoms. The molecule has 0 atom stereocenters. The third kappa shape index (κ3) is 4.07. The molecule has 0 saturated carbocycles. The van der Waals surface area contributed by atoms with Gasteiger partial charge in [-0.15, -0.1) is 0 Å². The van der Waals surface area contributed by atoms with Crippen molar-refractivity contribution in [3.05, 3.63) is 29.3 Å². The number of rotatable bonds is 2. The van der Waals surface area contributed by atoms with E-state index in [0.29, 0.717) is 10.7 Å². The molecule has 0 saturated heterocycles. The van der Waals surface area contributed by atoms with E-state index in [4.69, 9.17) is 23.2 Å². The first-order valence-electron chi connectivity index (χ1n) is 3.84. The molecule has 1 rings (SSSR count). The molecule has 0 aliphatic carbocycles. The minimum Gasteiger partial charge on any atom is -0.276 e. The normalized spacial score (nSPS) is 12.6. The van der Waals surface area contributed by atoms with Crippen molar-refractivity contribution in [1.29, 1.82) is 0 Å². The fraction of sp³-hybridized carbons (Fsp3) is 0.125. The minimum absolute atomic E-state index is 0.498. The molecular weight excluding hydrogens is 259 g/mol. The first-order valence-corrected chi connectivity index (χ1v) is 6.49. The van der Waals surface area contributed by atoms with Crippen LogP contribution in [0, 0.1) is 0 Å². The van der Waals surface area contributed by atoms with Gasteiger partial charge in [-0.1, -0.05) is 17.7 Å². The number of hydrazone groups is 1. The molecule has 0 amide bonds. The summed E-state index contributed by atoms with van der Waals surface area (Å²) in [6.45, 7) is 0. The Labute approximate surface area is 97.8 Å². The van der Waals surface area contributed by atoms with Gasteiger partial charge in [-0.3, -0.25) is 5.43 Å². The van der Waals surface area contributed by atoms with Gasteiger partial charge in [-0.2, -0.15) is 5.10 Å². The number of nitrogens with zero attached hydrogens (tertiary/aromatic N) is 1. The highest BCUT2D eigenvalue weighted by atomic mass is 35.5. The van der Waals surface area contributed by atoms with Gasteiger partial charge in [0.25, 0.3) is 0 Å². The summed E-state index contributed by atoms with van der Waals surface area (Å²) in [7, 11) is -3.46. The summed E-state index contributed by atoms with van der Waals surface area (Å²) in [5.41, 5.74) is 3.04. The van der Waals surface area contributed by atoms with Crippen LogP contribution in [0.15, 0.2) is 29.4 Å². The number of benzene rings is 1. The van der Waals surface area contributed by atoms with E-state index in [-0.39, 0.29) is 0 Å². The average molecular weight is 267 g/mol. The van der Waals surface area contributed by atoms with Crippen molar-refractivity contribution in [2.45, 2.75) is 0 Å². The van der Waals surface area contributed by atoms with E-state index in [9.17, 15) is 8.42 Å². The number of sulfone groups is 1. The van der Waals surface area contributed by atoms with Gasteiger partial charge in [-0.25, -0.2) is 8.42 Å². The Hall–Kier alpha value is -0.780. The van der Waals surface area contributed by atoms with Crippen LogP contribution in [0.5, 0.6) is 0 Å². The highest BCUT2D eigenvalue weighted by Crippen LogP contribution is 2.15. The molecule has 0 aliphatic heterocycles. The van der Waals surface area contributed by atoms with Crippen LogP contribution in [0.25, 0.3) is 0 Å². The lowest BCUT2D eigenvalue weighted by atomic mass is 10.3. The van der Waals surface area contributed by atoms with E-state index >= 15 is 0 Å². The summed E-state index contributed by atoms with van der Waals surface area (Å²) < 4.78 is 21.3. The molecule has 7 heteroatoms. The summed E-state index contributed by atoms with van der Waals surface area (Å²) >= 11 is 11.1. The van der Waals surface area contributed by atoms with Gasteiger partial charge in [-0.05, 0) is 29.8 Å².